The minimum atomic E-state index is -0.611. The Morgan fingerprint density at radius 2 is 2.11 bits per heavy atom. The Hall–Kier alpha value is -1.86. The highest BCUT2D eigenvalue weighted by molar-refractivity contribution is 5.81. The van der Waals surface area contributed by atoms with Crippen molar-refractivity contribution >= 4 is 5.91 Å². The Morgan fingerprint density at radius 1 is 1.42 bits per heavy atom. The van der Waals surface area contributed by atoms with E-state index in [4.69, 9.17) is 10.4 Å². The normalized spacial score (nSPS) is 11.6. The van der Waals surface area contributed by atoms with E-state index in [-0.39, 0.29) is 19.1 Å². The van der Waals surface area contributed by atoms with E-state index in [0.717, 1.165) is 12.0 Å². The number of benzene rings is 1. The summed E-state index contributed by atoms with van der Waals surface area (Å²) < 4.78 is 0. The van der Waals surface area contributed by atoms with Crippen LogP contribution in [0.4, 0.5) is 0 Å². The second kappa shape index (κ2) is 8.28. The smallest absolute Gasteiger partial charge is 0.240 e. The van der Waals surface area contributed by atoms with E-state index in [1.807, 2.05) is 37.3 Å². The SMILES string of the molecule is CCCC(C#N)C(=O)N(CCO)Cc1ccccc1. The first-order valence-electron chi connectivity index (χ1n) is 6.56. The second-order valence-electron chi connectivity index (χ2n) is 4.44. The molecule has 4 nitrogen and oxygen atoms in total. The molecule has 1 N–H and O–H groups in total. The van der Waals surface area contributed by atoms with Crippen molar-refractivity contribution in [2.45, 2.75) is 26.3 Å². The highest BCUT2D eigenvalue weighted by Crippen LogP contribution is 2.12. The molecule has 0 spiro atoms. The fourth-order valence-corrected chi connectivity index (χ4v) is 1.94. The second-order valence-corrected chi connectivity index (χ2v) is 4.44. The third-order valence-corrected chi connectivity index (χ3v) is 2.93. The van der Waals surface area contributed by atoms with Gasteiger partial charge in [0.25, 0.3) is 0 Å². The highest BCUT2D eigenvalue weighted by atomic mass is 16.3. The molecular formula is C15H20N2O2. The van der Waals surface area contributed by atoms with Crippen LogP contribution in [-0.4, -0.2) is 29.1 Å². The number of nitriles is 1. The molecule has 0 fully saturated rings. The number of hydrogen-bond donors (Lipinski definition) is 1. The van der Waals surface area contributed by atoms with Gasteiger partial charge in [0.2, 0.25) is 5.91 Å². The van der Waals surface area contributed by atoms with Crippen molar-refractivity contribution in [1.29, 1.82) is 5.26 Å². The molecule has 0 radical (unpaired) electrons. The van der Waals surface area contributed by atoms with Gasteiger partial charge in [-0.3, -0.25) is 4.79 Å². The predicted octanol–water partition coefficient (Wildman–Crippen LogP) is 1.95. The first-order chi connectivity index (χ1) is 9.22. The van der Waals surface area contributed by atoms with Crippen molar-refractivity contribution < 1.29 is 9.90 Å². The molecule has 1 rings (SSSR count). The van der Waals surface area contributed by atoms with E-state index in [9.17, 15) is 4.79 Å². The molecule has 0 bridgehead atoms. The standard InChI is InChI=1S/C15H20N2O2/c1-2-6-14(11-16)15(19)17(9-10-18)12-13-7-4-3-5-8-13/h3-5,7-8,14,18H,2,6,9-10,12H2,1H3. The molecule has 0 aliphatic heterocycles. The number of aliphatic hydroxyl groups excluding tert-OH is 1. The van der Waals surface area contributed by atoms with Gasteiger partial charge in [0, 0.05) is 13.1 Å². The molecule has 0 aromatic heterocycles. The zero-order chi connectivity index (χ0) is 14.1. The number of carbonyl (C=O) groups is 1. The number of amides is 1. The molecule has 1 atom stereocenters. The summed E-state index contributed by atoms with van der Waals surface area (Å²) in [7, 11) is 0. The molecule has 0 aliphatic carbocycles. The summed E-state index contributed by atoms with van der Waals surface area (Å²) in [6.45, 7) is 2.55. The minimum absolute atomic E-state index is 0.0944. The van der Waals surface area contributed by atoms with Crippen molar-refractivity contribution in [3.63, 3.8) is 0 Å². The van der Waals surface area contributed by atoms with Crippen LogP contribution in [0.5, 0.6) is 0 Å². The van der Waals surface area contributed by atoms with E-state index in [1.54, 1.807) is 4.90 Å². The Morgan fingerprint density at radius 3 is 2.63 bits per heavy atom. The van der Waals surface area contributed by atoms with Crippen molar-refractivity contribution in [3.8, 4) is 6.07 Å². The maximum atomic E-state index is 12.3. The van der Waals surface area contributed by atoms with E-state index in [1.165, 1.54) is 0 Å². The fraction of sp³-hybridized carbons (Fsp3) is 0.467. The van der Waals surface area contributed by atoms with E-state index in [0.29, 0.717) is 13.0 Å². The Kier molecular flexibility index (Phi) is 6.62. The van der Waals surface area contributed by atoms with Gasteiger partial charge in [-0.05, 0) is 12.0 Å². The van der Waals surface area contributed by atoms with Crippen LogP contribution >= 0.6 is 0 Å². The van der Waals surface area contributed by atoms with Gasteiger partial charge in [0.1, 0.15) is 5.92 Å². The van der Waals surface area contributed by atoms with Crippen LogP contribution in [0.15, 0.2) is 30.3 Å². The number of aliphatic hydroxyl groups is 1. The van der Waals surface area contributed by atoms with Crippen molar-refractivity contribution in [3.05, 3.63) is 35.9 Å². The van der Waals surface area contributed by atoms with Crippen LogP contribution in [0.3, 0.4) is 0 Å². The molecule has 4 heteroatoms. The first kappa shape index (κ1) is 15.2. The Bertz CT molecular complexity index is 426. The molecular weight excluding hydrogens is 240 g/mol. The van der Waals surface area contributed by atoms with Gasteiger partial charge in [-0.15, -0.1) is 0 Å². The molecule has 1 amide bonds. The topological polar surface area (TPSA) is 64.3 Å². The lowest BCUT2D eigenvalue weighted by Crippen LogP contribution is -2.37. The number of rotatable bonds is 7. The third-order valence-electron chi connectivity index (χ3n) is 2.93. The van der Waals surface area contributed by atoms with Crippen molar-refractivity contribution in [2.24, 2.45) is 5.92 Å². The van der Waals surface area contributed by atoms with Gasteiger partial charge in [-0.1, -0.05) is 43.7 Å². The first-order valence-corrected chi connectivity index (χ1v) is 6.56. The van der Waals surface area contributed by atoms with Crippen LogP contribution in [0.2, 0.25) is 0 Å². The van der Waals surface area contributed by atoms with Gasteiger partial charge >= 0.3 is 0 Å². The van der Waals surface area contributed by atoms with Crippen LogP contribution in [0, 0.1) is 17.2 Å². The summed E-state index contributed by atoms with van der Waals surface area (Å²) >= 11 is 0. The van der Waals surface area contributed by atoms with Gasteiger partial charge in [-0.25, -0.2) is 0 Å². The molecule has 1 aromatic rings. The van der Waals surface area contributed by atoms with Gasteiger partial charge in [0.05, 0.1) is 12.7 Å². The van der Waals surface area contributed by atoms with Gasteiger partial charge in [0.15, 0.2) is 0 Å². The summed E-state index contributed by atoms with van der Waals surface area (Å²) in [5.74, 6) is -0.803. The van der Waals surface area contributed by atoms with Crippen molar-refractivity contribution in [2.75, 3.05) is 13.2 Å². The van der Waals surface area contributed by atoms with Gasteiger partial charge < -0.3 is 10.0 Å². The molecule has 0 aliphatic rings. The largest absolute Gasteiger partial charge is 0.395 e. The quantitative estimate of drug-likeness (QED) is 0.815. The summed E-state index contributed by atoms with van der Waals surface area (Å²) in [6, 6.07) is 11.6. The summed E-state index contributed by atoms with van der Waals surface area (Å²) in [4.78, 5) is 13.8. The molecule has 19 heavy (non-hydrogen) atoms. The summed E-state index contributed by atoms with van der Waals surface area (Å²) in [5.41, 5.74) is 0.998. The number of nitrogens with zero attached hydrogens (tertiary/aromatic N) is 2. The van der Waals surface area contributed by atoms with Crippen LogP contribution in [0.1, 0.15) is 25.3 Å². The molecule has 102 valence electrons. The minimum Gasteiger partial charge on any atom is -0.395 e. The summed E-state index contributed by atoms with van der Waals surface area (Å²) in [5, 5.41) is 18.1. The van der Waals surface area contributed by atoms with Crippen LogP contribution < -0.4 is 0 Å². The Labute approximate surface area is 114 Å². The summed E-state index contributed by atoms with van der Waals surface area (Å²) in [6.07, 6.45) is 1.36. The predicted molar refractivity (Wildman–Crippen MR) is 73.0 cm³/mol. The lowest BCUT2D eigenvalue weighted by atomic mass is 10.0. The lowest BCUT2D eigenvalue weighted by Gasteiger charge is -2.24. The monoisotopic (exact) mass is 260 g/mol. The molecule has 0 heterocycles. The Balaban J connectivity index is 2.76. The number of hydrogen-bond acceptors (Lipinski definition) is 3. The molecule has 1 aromatic carbocycles. The van der Waals surface area contributed by atoms with Gasteiger partial charge in [-0.2, -0.15) is 5.26 Å². The van der Waals surface area contributed by atoms with E-state index >= 15 is 0 Å². The van der Waals surface area contributed by atoms with Crippen LogP contribution in [-0.2, 0) is 11.3 Å². The average molecular weight is 260 g/mol. The maximum absolute atomic E-state index is 12.3. The fourth-order valence-electron chi connectivity index (χ4n) is 1.94. The average Bonchev–Trinajstić information content (AvgIpc) is 2.44. The van der Waals surface area contributed by atoms with Crippen LogP contribution in [0.25, 0.3) is 0 Å². The van der Waals surface area contributed by atoms with Crippen molar-refractivity contribution in [1.82, 2.24) is 4.90 Å². The zero-order valence-corrected chi connectivity index (χ0v) is 11.2. The molecule has 1 unspecified atom stereocenters. The highest BCUT2D eigenvalue weighted by Gasteiger charge is 2.23. The third kappa shape index (κ3) is 4.72. The number of carbonyl (C=O) groups excluding carboxylic acids is 1. The van der Waals surface area contributed by atoms with E-state index in [2.05, 4.69) is 6.07 Å². The molecule has 0 saturated carbocycles. The van der Waals surface area contributed by atoms with E-state index < -0.39 is 5.92 Å². The zero-order valence-electron chi connectivity index (χ0n) is 11.2. The lowest BCUT2D eigenvalue weighted by molar-refractivity contribution is -0.135. The molecule has 0 saturated heterocycles. The maximum Gasteiger partial charge on any atom is 0.240 e.